The number of nitrogens with zero attached hydrogens (tertiary/aromatic N) is 2. The van der Waals surface area contributed by atoms with Crippen molar-refractivity contribution >= 4 is 45.6 Å². The third-order valence-electron chi connectivity index (χ3n) is 4.38. The average molecular weight is 446 g/mol. The first-order valence-corrected chi connectivity index (χ1v) is 10.3. The molecule has 8 heteroatoms. The molecule has 0 saturated heterocycles. The Bertz CT molecular complexity index is 1200. The lowest BCUT2D eigenvalue weighted by Crippen LogP contribution is -2.03. The number of hydrogen-bond donors (Lipinski definition) is 1. The van der Waals surface area contributed by atoms with E-state index in [1.807, 2.05) is 48.5 Å². The van der Waals surface area contributed by atoms with E-state index in [4.69, 9.17) is 11.6 Å². The third-order valence-corrected chi connectivity index (χ3v) is 5.69. The van der Waals surface area contributed by atoms with Crippen molar-refractivity contribution in [2.75, 3.05) is 0 Å². The van der Waals surface area contributed by atoms with Gasteiger partial charge in [-0.15, -0.1) is 16.9 Å². The number of fused-ring (bicyclic) bond motifs is 1. The molecule has 0 saturated carbocycles. The lowest BCUT2D eigenvalue weighted by atomic mass is 10.2. The Morgan fingerprint density at radius 2 is 1.67 bits per heavy atom. The van der Waals surface area contributed by atoms with Crippen molar-refractivity contribution in [1.82, 2.24) is 4.98 Å². The Morgan fingerprint density at radius 1 is 0.900 bits per heavy atom. The Morgan fingerprint density at radius 3 is 2.43 bits per heavy atom. The summed E-state index contributed by atoms with van der Waals surface area (Å²) in [5.41, 5.74) is 1.96. The molecular weight excluding hydrogens is 431 g/mol. The topological polar surface area (TPSA) is 40.5 Å². The second kappa shape index (κ2) is 8.53. The lowest BCUT2D eigenvalue weighted by Gasteiger charge is -2.06. The minimum Gasteiger partial charge on any atom is -0.348 e. The molecule has 4 aromatic rings. The molecular formula is C22H15ClF3N3S. The fourth-order valence-corrected chi connectivity index (χ4v) is 3.99. The number of nitrogens with one attached hydrogen (secondary N) is 1. The highest BCUT2D eigenvalue weighted by atomic mass is 35.5. The van der Waals surface area contributed by atoms with Gasteiger partial charge in [0, 0.05) is 21.7 Å². The van der Waals surface area contributed by atoms with Crippen molar-refractivity contribution in [3.05, 3.63) is 88.9 Å². The van der Waals surface area contributed by atoms with Gasteiger partial charge in [0.25, 0.3) is 0 Å². The molecule has 152 valence electrons. The Kier molecular flexibility index (Phi) is 5.83. The van der Waals surface area contributed by atoms with Crippen molar-refractivity contribution in [2.45, 2.75) is 17.0 Å². The van der Waals surface area contributed by atoms with Crippen LogP contribution in [0.25, 0.3) is 10.9 Å². The number of aromatic nitrogens is 1. The zero-order chi connectivity index (χ0) is 21.1. The maximum absolute atomic E-state index is 13.0. The van der Waals surface area contributed by atoms with Crippen LogP contribution in [0.5, 0.6) is 0 Å². The minimum absolute atomic E-state index is 0.142. The third kappa shape index (κ3) is 4.68. The summed E-state index contributed by atoms with van der Waals surface area (Å²) in [4.78, 5) is 3.32. The monoisotopic (exact) mass is 445 g/mol. The second-order valence-electron chi connectivity index (χ2n) is 6.51. The van der Waals surface area contributed by atoms with Crippen molar-refractivity contribution in [3.8, 4) is 0 Å². The van der Waals surface area contributed by atoms with E-state index in [9.17, 15) is 13.2 Å². The first-order valence-electron chi connectivity index (χ1n) is 8.97. The molecule has 30 heavy (non-hydrogen) atoms. The first-order chi connectivity index (χ1) is 14.4. The molecule has 0 atom stereocenters. The van der Waals surface area contributed by atoms with Gasteiger partial charge >= 0.3 is 6.18 Å². The summed E-state index contributed by atoms with van der Waals surface area (Å²) in [6, 6.07) is 20.0. The highest BCUT2D eigenvalue weighted by Gasteiger charge is 2.30. The molecule has 0 aliphatic carbocycles. The van der Waals surface area contributed by atoms with Crippen LogP contribution in [-0.2, 0) is 11.9 Å². The first kappa shape index (κ1) is 20.5. The van der Waals surface area contributed by atoms with Crippen LogP contribution >= 0.6 is 23.4 Å². The Hall–Kier alpha value is -2.77. The smallest absolute Gasteiger partial charge is 0.348 e. The molecule has 0 amide bonds. The van der Waals surface area contributed by atoms with E-state index in [1.165, 1.54) is 12.1 Å². The van der Waals surface area contributed by atoms with E-state index >= 15 is 0 Å². The SMILES string of the molecule is FC(F)(F)c1cccc(N=Nc2c(SCc3ccc(Cl)cc3)[nH]c3ccccc23)c1. The summed E-state index contributed by atoms with van der Waals surface area (Å²) >= 11 is 7.48. The average Bonchev–Trinajstić information content (AvgIpc) is 3.09. The number of para-hydroxylation sites is 1. The fraction of sp³-hybridized carbons (Fsp3) is 0.0909. The van der Waals surface area contributed by atoms with E-state index in [-0.39, 0.29) is 5.69 Å². The molecule has 0 radical (unpaired) electrons. The highest BCUT2D eigenvalue weighted by Crippen LogP contribution is 2.39. The number of rotatable bonds is 5. The number of alkyl halides is 3. The van der Waals surface area contributed by atoms with Crippen LogP contribution < -0.4 is 0 Å². The van der Waals surface area contributed by atoms with Gasteiger partial charge in [-0.3, -0.25) is 0 Å². The fourth-order valence-electron chi connectivity index (χ4n) is 2.89. The summed E-state index contributed by atoms with van der Waals surface area (Å²) in [5.74, 6) is 0.677. The van der Waals surface area contributed by atoms with Crippen LogP contribution in [0.3, 0.4) is 0 Å². The highest BCUT2D eigenvalue weighted by molar-refractivity contribution is 7.98. The normalized spacial score (nSPS) is 12.1. The number of benzene rings is 3. The van der Waals surface area contributed by atoms with Gasteiger partial charge < -0.3 is 4.98 Å². The second-order valence-corrected chi connectivity index (χ2v) is 7.93. The predicted octanol–water partition coefficient (Wildman–Crippen LogP) is 8.55. The van der Waals surface area contributed by atoms with Gasteiger partial charge in [0.2, 0.25) is 0 Å². The van der Waals surface area contributed by atoms with E-state index in [0.29, 0.717) is 16.5 Å². The van der Waals surface area contributed by atoms with Crippen molar-refractivity contribution in [2.24, 2.45) is 10.2 Å². The molecule has 0 unspecified atom stereocenters. The predicted molar refractivity (Wildman–Crippen MR) is 115 cm³/mol. The van der Waals surface area contributed by atoms with Crippen LogP contribution in [0, 0.1) is 0 Å². The molecule has 0 fully saturated rings. The maximum atomic E-state index is 13.0. The van der Waals surface area contributed by atoms with Gasteiger partial charge in [0.1, 0.15) is 10.7 Å². The van der Waals surface area contributed by atoms with Gasteiger partial charge in [-0.05, 0) is 42.0 Å². The maximum Gasteiger partial charge on any atom is 0.416 e. The Labute approximate surface area is 180 Å². The van der Waals surface area contributed by atoms with Crippen LogP contribution in [-0.4, -0.2) is 4.98 Å². The molecule has 0 aliphatic heterocycles. The zero-order valence-corrected chi connectivity index (χ0v) is 17.0. The minimum atomic E-state index is -4.42. The standard InChI is InChI=1S/C22H15ClF3N3S/c23-16-10-8-14(9-11-16)13-30-21-20(18-6-1-2-7-19(18)27-21)29-28-17-5-3-4-15(12-17)22(24,25)26/h1-12,27H,13H2. The number of hydrogen-bond acceptors (Lipinski definition) is 3. The molecule has 0 spiro atoms. The van der Waals surface area contributed by atoms with Crippen molar-refractivity contribution in [1.29, 1.82) is 0 Å². The molecule has 0 bridgehead atoms. The van der Waals surface area contributed by atoms with E-state index in [1.54, 1.807) is 11.8 Å². The molecule has 1 aromatic heterocycles. The summed E-state index contributed by atoms with van der Waals surface area (Å²) < 4.78 is 38.9. The molecule has 4 rings (SSSR count). The summed E-state index contributed by atoms with van der Waals surface area (Å²) in [5, 5.41) is 10.7. The number of halogens is 4. The molecule has 3 nitrogen and oxygen atoms in total. The largest absolute Gasteiger partial charge is 0.416 e. The number of aromatic amines is 1. The van der Waals surface area contributed by atoms with Crippen LogP contribution in [0.15, 0.2) is 88.1 Å². The van der Waals surface area contributed by atoms with Gasteiger partial charge in [-0.1, -0.05) is 48.0 Å². The van der Waals surface area contributed by atoms with Gasteiger partial charge in [-0.2, -0.15) is 18.3 Å². The molecule has 0 aliphatic rings. The van der Waals surface area contributed by atoms with E-state index in [0.717, 1.165) is 33.6 Å². The summed E-state index contributed by atoms with van der Waals surface area (Å²) in [7, 11) is 0. The van der Waals surface area contributed by atoms with E-state index < -0.39 is 11.7 Å². The summed E-state index contributed by atoms with van der Waals surface area (Å²) in [6.45, 7) is 0. The van der Waals surface area contributed by atoms with Crippen molar-refractivity contribution < 1.29 is 13.2 Å². The van der Waals surface area contributed by atoms with Gasteiger partial charge in [-0.25, -0.2) is 0 Å². The van der Waals surface area contributed by atoms with Crippen molar-refractivity contribution in [3.63, 3.8) is 0 Å². The number of thioether (sulfide) groups is 1. The number of azo groups is 1. The molecule has 1 N–H and O–H groups in total. The van der Waals surface area contributed by atoms with E-state index in [2.05, 4.69) is 15.2 Å². The molecule has 3 aromatic carbocycles. The summed E-state index contributed by atoms with van der Waals surface area (Å²) in [6.07, 6.45) is -4.42. The lowest BCUT2D eigenvalue weighted by molar-refractivity contribution is -0.137. The van der Waals surface area contributed by atoms with Gasteiger partial charge in [0.05, 0.1) is 11.3 Å². The quantitative estimate of drug-likeness (QED) is 0.242. The van der Waals surface area contributed by atoms with Gasteiger partial charge in [0.15, 0.2) is 0 Å². The zero-order valence-electron chi connectivity index (χ0n) is 15.4. The molecule has 1 heterocycles. The van der Waals surface area contributed by atoms with Crippen LogP contribution in [0.1, 0.15) is 11.1 Å². The number of H-pyrrole nitrogens is 1. The Balaban J connectivity index is 1.65. The van der Waals surface area contributed by atoms with Crippen LogP contribution in [0.2, 0.25) is 5.02 Å². The van der Waals surface area contributed by atoms with Crippen LogP contribution in [0.4, 0.5) is 24.5 Å².